The van der Waals surface area contributed by atoms with Crippen LogP contribution in [-0.2, 0) is 16.1 Å². The molecule has 1 heterocycles. The normalized spacial score (nSPS) is 26.6. The van der Waals surface area contributed by atoms with Gasteiger partial charge in [0.25, 0.3) is 0 Å². The molecule has 1 saturated carbocycles. The van der Waals surface area contributed by atoms with Crippen molar-refractivity contribution in [2.75, 3.05) is 6.54 Å². The van der Waals surface area contributed by atoms with E-state index in [0.29, 0.717) is 6.54 Å². The third-order valence-electron chi connectivity index (χ3n) is 4.88. The van der Waals surface area contributed by atoms with E-state index in [0.717, 1.165) is 37.7 Å². The second-order valence-corrected chi connectivity index (χ2v) is 6.56. The third-order valence-corrected chi connectivity index (χ3v) is 4.88. The van der Waals surface area contributed by atoms with Gasteiger partial charge >= 0.3 is 12.1 Å². The van der Waals surface area contributed by atoms with E-state index >= 15 is 0 Å². The fourth-order valence-electron chi connectivity index (χ4n) is 3.45. The minimum atomic E-state index is -0.705. The van der Waals surface area contributed by atoms with Crippen molar-refractivity contribution in [1.29, 1.82) is 0 Å². The minimum absolute atomic E-state index is 0.126. The maximum Gasteiger partial charge on any atom is 0.410 e. The summed E-state index contributed by atoms with van der Waals surface area (Å²) in [5, 5.41) is 9.03. The van der Waals surface area contributed by atoms with Crippen molar-refractivity contribution in [2.24, 2.45) is 11.8 Å². The van der Waals surface area contributed by atoms with Crippen LogP contribution in [0.1, 0.15) is 37.7 Å². The highest BCUT2D eigenvalue weighted by molar-refractivity contribution is 5.73. The molecule has 5 nitrogen and oxygen atoms in total. The van der Waals surface area contributed by atoms with E-state index in [2.05, 4.69) is 0 Å². The largest absolute Gasteiger partial charge is 0.481 e. The first-order chi connectivity index (χ1) is 11.1. The van der Waals surface area contributed by atoms with Crippen molar-refractivity contribution < 1.29 is 19.4 Å². The van der Waals surface area contributed by atoms with Crippen LogP contribution in [-0.4, -0.2) is 34.7 Å². The number of rotatable bonds is 5. The molecule has 0 bridgehead atoms. The monoisotopic (exact) mass is 317 g/mol. The average molecular weight is 317 g/mol. The number of amides is 1. The summed E-state index contributed by atoms with van der Waals surface area (Å²) >= 11 is 0. The Morgan fingerprint density at radius 2 is 2.00 bits per heavy atom. The molecular formula is C18H23NO4. The Morgan fingerprint density at radius 3 is 2.70 bits per heavy atom. The van der Waals surface area contributed by atoms with Crippen LogP contribution >= 0.6 is 0 Å². The number of carboxylic acids is 1. The summed E-state index contributed by atoms with van der Waals surface area (Å²) in [6.07, 6.45) is 4.30. The van der Waals surface area contributed by atoms with Crippen molar-refractivity contribution in [3.05, 3.63) is 35.9 Å². The average Bonchev–Trinajstić information content (AvgIpc) is 3.34. The van der Waals surface area contributed by atoms with Gasteiger partial charge in [-0.1, -0.05) is 30.3 Å². The molecule has 1 aliphatic heterocycles. The maximum absolute atomic E-state index is 12.4. The Bertz CT molecular complexity index is 559. The van der Waals surface area contributed by atoms with Gasteiger partial charge in [0.2, 0.25) is 0 Å². The van der Waals surface area contributed by atoms with Gasteiger partial charge in [-0.3, -0.25) is 4.79 Å². The zero-order chi connectivity index (χ0) is 16.2. The molecule has 3 atom stereocenters. The van der Waals surface area contributed by atoms with Gasteiger partial charge in [0.15, 0.2) is 0 Å². The molecular weight excluding hydrogens is 294 g/mol. The van der Waals surface area contributed by atoms with E-state index < -0.39 is 5.97 Å². The summed E-state index contributed by atoms with van der Waals surface area (Å²) in [5.74, 6) is -0.692. The molecule has 1 saturated heterocycles. The van der Waals surface area contributed by atoms with Crippen molar-refractivity contribution in [3.63, 3.8) is 0 Å². The molecule has 2 aliphatic rings. The molecule has 2 fully saturated rings. The van der Waals surface area contributed by atoms with Gasteiger partial charge in [-0.25, -0.2) is 4.79 Å². The van der Waals surface area contributed by atoms with Crippen LogP contribution in [0.15, 0.2) is 30.3 Å². The maximum atomic E-state index is 12.4. The van der Waals surface area contributed by atoms with Crippen molar-refractivity contribution in [2.45, 2.75) is 44.8 Å². The number of aliphatic carboxylic acids is 1. The summed E-state index contributed by atoms with van der Waals surface area (Å²) in [4.78, 5) is 25.2. The van der Waals surface area contributed by atoms with E-state index in [1.165, 1.54) is 0 Å². The molecule has 124 valence electrons. The Labute approximate surface area is 136 Å². The molecule has 1 aromatic carbocycles. The number of benzene rings is 1. The summed E-state index contributed by atoms with van der Waals surface area (Å²) < 4.78 is 5.44. The molecule has 0 aromatic heterocycles. The molecule has 3 rings (SSSR count). The van der Waals surface area contributed by atoms with Crippen LogP contribution < -0.4 is 0 Å². The topological polar surface area (TPSA) is 66.8 Å². The molecule has 1 amide bonds. The smallest absolute Gasteiger partial charge is 0.410 e. The van der Waals surface area contributed by atoms with Gasteiger partial charge in [0, 0.05) is 12.6 Å². The number of carboxylic acid groups (broad SMARTS) is 1. The Morgan fingerprint density at radius 1 is 1.22 bits per heavy atom. The molecule has 0 radical (unpaired) electrons. The van der Waals surface area contributed by atoms with Crippen molar-refractivity contribution in [3.8, 4) is 0 Å². The van der Waals surface area contributed by atoms with Crippen LogP contribution in [0, 0.1) is 11.8 Å². The van der Waals surface area contributed by atoms with Crippen LogP contribution in [0.2, 0.25) is 0 Å². The van der Waals surface area contributed by atoms with Crippen LogP contribution in [0.5, 0.6) is 0 Å². The van der Waals surface area contributed by atoms with Gasteiger partial charge in [0.1, 0.15) is 6.61 Å². The van der Waals surface area contributed by atoms with Crippen LogP contribution in [0.3, 0.4) is 0 Å². The third kappa shape index (κ3) is 4.03. The van der Waals surface area contributed by atoms with Gasteiger partial charge in [-0.2, -0.15) is 0 Å². The minimum Gasteiger partial charge on any atom is -0.481 e. The second kappa shape index (κ2) is 7.02. The van der Waals surface area contributed by atoms with Crippen molar-refractivity contribution >= 4 is 12.1 Å². The summed E-state index contributed by atoms with van der Waals surface area (Å²) in [5.41, 5.74) is 0.975. The second-order valence-electron chi connectivity index (χ2n) is 6.56. The predicted molar refractivity (Wildman–Crippen MR) is 84.8 cm³/mol. The van der Waals surface area contributed by atoms with Gasteiger partial charge in [-0.05, 0) is 43.6 Å². The Kier molecular flexibility index (Phi) is 4.84. The zero-order valence-electron chi connectivity index (χ0n) is 13.2. The fourth-order valence-corrected chi connectivity index (χ4v) is 3.45. The van der Waals surface area contributed by atoms with Crippen LogP contribution in [0.25, 0.3) is 0 Å². The molecule has 1 aromatic rings. The van der Waals surface area contributed by atoms with Gasteiger partial charge < -0.3 is 14.7 Å². The number of piperidine rings is 1. The molecule has 1 unspecified atom stereocenters. The van der Waals surface area contributed by atoms with Crippen molar-refractivity contribution in [1.82, 2.24) is 4.90 Å². The van der Waals surface area contributed by atoms with Crippen LogP contribution in [0.4, 0.5) is 4.79 Å². The number of carbonyl (C=O) groups is 2. The molecule has 5 heteroatoms. The number of likely N-dealkylation sites (tertiary alicyclic amines) is 1. The lowest BCUT2D eigenvalue weighted by Gasteiger charge is -2.35. The Hall–Kier alpha value is -2.04. The number of carbonyl (C=O) groups excluding carboxylic acids is 1. The van der Waals surface area contributed by atoms with Gasteiger partial charge in [0.05, 0.1) is 5.92 Å². The predicted octanol–water partition coefficient (Wildman–Crippen LogP) is 3.29. The molecule has 23 heavy (non-hydrogen) atoms. The fraction of sp³-hybridized carbons (Fsp3) is 0.556. The number of hydrogen-bond acceptors (Lipinski definition) is 3. The van der Waals surface area contributed by atoms with E-state index in [9.17, 15) is 9.59 Å². The SMILES string of the molecule is O=C(O)[C@@H]1C[C@H]1CC1CCCCN1C(=O)OCc1ccccc1. The molecule has 1 aliphatic carbocycles. The first-order valence-corrected chi connectivity index (χ1v) is 8.35. The van der Waals surface area contributed by atoms with E-state index in [4.69, 9.17) is 9.84 Å². The highest BCUT2D eigenvalue weighted by Gasteiger charge is 2.45. The summed E-state index contributed by atoms with van der Waals surface area (Å²) in [6.45, 7) is 0.993. The zero-order valence-corrected chi connectivity index (χ0v) is 13.2. The standard InChI is InChI=1S/C18H23NO4/c20-17(21)16-11-14(16)10-15-8-4-5-9-19(15)18(22)23-12-13-6-2-1-3-7-13/h1-3,6-7,14-16H,4-5,8-12H2,(H,20,21)/t14-,15?,16-/m1/s1. The van der Waals surface area contributed by atoms with Gasteiger partial charge in [-0.15, -0.1) is 0 Å². The number of hydrogen-bond donors (Lipinski definition) is 1. The van der Waals surface area contributed by atoms with E-state index in [-0.39, 0.29) is 30.6 Å². The number of nitrogens with zero attached hydrogens (tertiary/aromatic N) is 1. The van der Waals surface area contributed by atoms with E-state index in [1.807, 2.05) is 35.2 Å². The highest BCUT2D eigenvalue weighted by atomic mass is 16.6. The lowest BCUT2D eigenvalue weighted by molar-refractivity contribution is -0.138. The first kappa shape index (κ1) is 15.8. The summed E-state index contributed by atoms with van der Waals surface area (Å²) in [7, 11) is 0. The Balaban J connectivity index is 1.53. The van der Waals surface area contributed by atoms with E-state index in [1.54, 1.807) is 0 Å². The highest BCUT2D eigenvalue weighted by Crippen LogP contribution is 2.44. The summed E-state index contributed by atoms with van der Waals surface area (Å²) in [6, 6.07) is 9.77. The quantitative estimate of drug-likeness (QED) is 0.905. The lowest BCUT2D eigenvalue weighted by Crippen LogP contribution is -2.44. The molecule has 0 spiro atoms. The first-order valence-electron chi connectivity index (χ1n) is 8.35. The molecule has 1 N–H and O–H groups in total. The number of ether oxygens (including phenoxy) is 1. The lowest BCUT2D eigenvalue weighted by atomic mass is 9.97.